The molecule has 7 nitrogen and oxygen atoms in total. The first-order valence-corrected chi connectivity index (χ1v) is 11.2. The van der Waals surface area contributed by atoms with E-state index >= 15 is 0 Å². The van der Waals surface area contributed by atoms with Crippen LogP contribution in [0, 0.1) is 6.92 Å². The lowest BCUT2D eigenvalue weighted by molar-refractivity contribution is -0.147. The Hall–Kier alpha value is -2.75. The Labute approximate surface area is 204 Å². The maximum absolute atomic E-state index is 14.3. The molecule has 2 heterocycles. The zero-order chi connectivity index (χ0) is 24.6. The van der Waals surface area contributed by atoms with Crippen LogP contribution in [-0.4, -0.2) is 34.5 Å². The maximum Gasteiger partial charge on any atom is 0.382 e. The third-order valence-corrected chi connectivity index (χ3v) is 5.93. The Morgan fingerprint density at radius 1 is 1.24 bits per heavy atom. The largest absolute Gasteiger partial charge is 0.496 e. The number of nitrogens with zero attached hydrogens (tertiary/aromatic N) is 3. The van der Waals surface area contributed by atoms with Gasteiger partial charge in [-0.15, -0.1) is 10.2 Å². The number of esters is 1. The summed E-state index contributed by atoms with van der Waals surface area (Å²) in [4.78, 5) is 12.4. The lowest BCUT2D eigenvalue weighted by Crippen LogP contribution is -2.18. The first kappa shape index (κ1) is 24.4. The van der Waals surface area contributed by atoms with E-state index < -0.39 is 29.4 Å². The first-order chi connectivity index (χ1) is 16.2. The van der Waals surface area contributed by atoms with Gasteiger partial charge in [0.05, 0.1) is 25.8 Å². The number of rotatable bonds is 6. The Morgan fingerprint density at radius 2 is 2.00 bits per heavy atom. The molecule has 1 aliphatic rings. The number of benzene rings is 2. The lowest BCUT2D eigenvalue weighted by atomic mass is 9.95. The second kappa shape index (κ2) is 9.48. The van der Waals surface area contributed by atoms with Crippen molar-refractivity contribution in [2.45, 2.75) is 37.9 Å². The summed E-state index contributed by atoms with van der Waals surface area (Å²) in [7, 11) is 1.55. The zero-order valence-electron chi connectivity index (χ0n) is 18.5. The van der Waals surface area contributed by atoms with Crippen LogP contribution in [0.2, 0.25) is 5.02 Å². The summed E-state index contributed by atoms with van der Waals surface area (Å²) in [5.74, 6) is -0.766. The van der Waals surface area contributed by atoms with Gasteiger partial charge in [-0.1, -0.05) is 23.7 Å². The number of halogens is 4. The molecular weight excluding hydrogens is 491 g/mol. The van der Waals surface area contributed by atoms with Gasteiger partial charge < -0.3 is 14.2 Å². The summed E-state index contributed by atoms with van der Waals surface area (Å²) in [6.45, 7) is 3.67. The topological polar surface area (TPSA) is 75.5 Å². The standard InChI is InChI=1S/C23H21Cl2F2N3O4/c1-4-33-19(31)11-18-21-28-29-22(23(25,26)27)30(21)16-9-8-13(24)10-15(16)20(34-18)14-6-5-7-17(32-3)12(14)2/h5-10,18,20H,4,11H2,1-3H3/t18-,20-/m0/s1. The fourth-order valence-corrected chi connectivity index (χ4v) is 4.35. The highest BCUT2D eigenvalue weighted by Gasteiger charge is 2.42. The minimum atomic E-state index is -3.83. The van der Waals surface area contributed by atoms with E-state index in [1.165, 1.54) is 0 Å². The number of carbonyl (C=O) groups is 1. The molecule has 0 unspecified atom stereocenters. The Bertz CT molecular complexity index is 1230. The predicted octanol–water partition coefficient (Wildman–Crippen LogP) is 5.64. The molecule has 4 rings (SSSR count). The van der Waals surface area contributed by atoms with Crippen LogP contribution in [0.25, 0.3) is 5.69 Å². The van der Waals surface area contributed by atoms with Crippen molar-refractivity contribution in [2.24, 2.45) is 0 Å². The van der Waals surface area contributed by atoms with Crippen molar-refractivity contribution in [3.63, 3.8) is 0 Å². The van der Waals surface area contributed by atoms with Crippen molar-refractivity contribution >= 4 is 29.2 Å². The molecule has 11 heteroatoms. The van der Waals surface area contributed by atoms with Crippen LogP contribution < -0.4 is 4.74 Å². The number of carbonyl (C=O) groups excluding carboxylic acids is 1. The van der Waals surface area contributed by atoms with E-state index in [-0.39, 0.29) is 18.9 Å². The molecule has 1 aliphatic heterocycles. The lowest BCUT2D eigenvalue weighted by Gasteiger charge is -2.24. The van der Waals surface area contributed by atoms with Gasteiger partial charge in [-0.25, -0.2) is 0 Å². The molecule has 0 spiro atoms. The minimum absolute atomic E-state index is 0.00463. The quantitative estimate of drug-likeness (QED) is 0.315. The van der Waals surface area contributed by atoms with E-state index in [2.05, 4.69) is 10.2 Å². The van der Waals surface area contributed by atoms with Crippen LogP contribution in [0.15, 0.2) is 36.4 Å². The van der Waals surface area contributed by atoms with Crippen molar-refractivity contribution in [2.75, 3.05) is 13.7 Å². The smallest absolute Gasteiger partial charge is 0.382 e. The van der Waals surface area contributed by atoms with E-state index in [0.29, 0.717) is 27.6 Å². The van der Waals surface area contributed by atoms with Crippen LogP contribution >= 0.6 is 23.2 Å². The molecule has 0 bridgehead atoms. The molecule has 180 valence electrons. The van der Waals surface area contributed by atoms with Gasteiger partial charge in [0.2, 0.25) is 5.82 Å². The summed E-state index contributed by atoms with van der Waals surface area (Å²) < 4.78 is 46.7. The average Bonchev–Trinajstić information content (AvgIpc) is 3.18. The number of methoxy groups -OCH3 is 1. The number of fused-ring (bicyclic) bond motifs is 3. The van der Waals surface area contributed by atoms with Gasteiger partial charge in [0.15, 0.2) is 5.82 Å². The molecule has 0 saturated heterocycles. The number of hydrogen-bond donors (Lipinski definition) is 0. The highest BCUT2D eigenvalue weighted by molar-refractivity contribution is 6.30. The molecule has 0 N–H and O–H groups in total. The van der Waals surface area contributed by atoms with Crippen molar-refractivity contribution in [1.82, 2.24) is 14.8 Å². The van der Waals surface area contributed by atoms with E-state index in [0.717, 1.165) is 10.1 Å². The van der Waals surface area contributed by atoms with E-state index in [4.69, 9.17) is 37.4 Å². The number of aromatic nitrogens is 3. The van der Waals surface area contributed by atoms with Gasteiger partial charge >= 0.3 is 11.4 Å². The third kappa shape index (κ3) is 4.47. The molecule has 0 aliphatic carbocycles. The number of ether oxygens (including phenoxy) is 3. The molecule has 0 radical (unpaired) electrons. The predicted molar refractivity (Wildman–Crippen MR) is 121 cm³/mol. The summed E-state index contributed by atoms with van der Waals surface area (Å²) in [6, 6.07) is 10.2. The number of hydrogen-bond acceptors (Lipinski definition) is 6. The van der Waals surface area contributed by atoms with Crippen LogP contribution in [0.1, 0.15) is 53.9 Å². The van der Waals surface area contributed by atoms with Crippen molar-refractivity contribution < 1.29 is 27.8 Å². The fraction of sp³-hybridized carbons (Fsp3) is 0.348. The fourth-order valence-electron chi connectivity index (χ4n) is 4.05. The van der Waals surface area contributed by atoms with E-state index in [1.54, 1.807) is 44.4 Å². The SMILES string of the molecule is CCOC(=O)C[C@@H]1O[C@@H](c2cccc(OC)c2C)c2cc(Cl)ccc2-n2c1nnc2C(F)(F)Cl. The summed E-state index contributed by atoms with van der Waals surface area (Å²) in [6.07, 6.45) is -2.15. The van der Waals surface area contributed by atoms with Gasteiger partial charge in [0.25, 0.3) is 0 Å². The highest BCUT2D eigenvalue weighted by atomic mass is 35.5. The molecule has 2 aromatic carbocycles. The molecule has 1 aromatic heterocycles. The number of alkyl halides is 3. The van der Waals surface area contributed by atoms with Gasteiger partial charge in [-0.3, -0.25) is 9.36 Å². The monoisotopic (exact) mass is 511 g/mol. The molecule has 3 aromatic rings. The Kier molecular flexibility index (Phi) is 6.80. The minimum Gasteiger partial charge on any atom is -0.496 e. The molecule has 34 heavy (non-hydrogen) atoms. The van der Waals surface area contributed by atoms with E-state index in [1.807, 2.05) is 13.0 Å². The summed E-state index contributed by atoms with van der Waals surface area (Å²) in [5, 5.41) is 4.10. The van der Waals surface area contributed by atoms with Crippen LogP contribution in [0.5, 0.6) is 5.75 Å². The maximum atomic E-state index is 14.3. The summed E-state index contributed by atoms with van der Waals surface area (Å²) in [5.41, 5.74) is 2.25. The van der Waals surface area contributed by atoms with E-state index in [9.17, 15) is 13.6 Å². The second-order valence-corrected chi connectivity index (χ2v) is 8.52. The summed E-state index contributed by atoms with van der Waals surface area (Å²) >= 11 is 11.7. The van der Waals surface area contributed by atoms with Gasteiger partial charge in [-0.2, -0.15) is 8.78 Å². The first-order valence-electron chi connectivity index (χ1n) is 10.4. The molecule has 0 amide bonds. The second-order valence-electron chi connectivity index (χ2n) is 7.61. The normalized spacial score (nSPS) is 17.5. The van der Waals surface area contributed by atoms with Gasteiger partial charge in [0.1, 0.15) is 18.0 Å². The van der Waals surface area contributed by atoms with Gasteiger partial charge in [0, 0.05) is 10.6 Å². The Morgan fingerprint density at radius 3 is 2.68 bits per heavy atom. The molecule has 0 saturated carbocycles. The molecule has 0 fully saturated rings. The van der Waals surface area contributed by atoms with Crippen LogP contribution in [0.3, 0.4) is 0 Å². The zero-order valence-corrected chi connectivity index (χ0v) is 20.0. The third-order valence-electron chi connectivity index (χ3n) is 5.53. The van der Waals surface area contributed by atoms with Crippen LogP contribution in [-0.2, 0) is 19.6 Å². The average molecular weight is 512 g/mol. The van der Waals surface area contributed by atoms with Crippen molar-refractivity contribution in [1.29, 1.82) is 0 Å². The van der Waals surface area contributed by atoms with Gasteiger partial charge in [-0.05, 0) is 60.8 Å². The molecular formula is C23H21Cl2F2N3O4. The highest BCUT2D eigenvalue weighted by Crippen LogP contribution is 2.45. The van der Waals surface area contributed by atoms with Crippen LogP contribution in [0.4, 0.5) is 8.78 Å². The van der Waals surface area contributed by atoms with Crippen molar-refractivity contribution in [3.8, 4) is 11.4 Å². The molecule has 2 atom stereocenters. The Balaban J connectivity index is 1.98. The van der Waals surface area contributed by atoms with Crippen molar-refractivity contribution in [3.05, 3.63) is 69.8 Å².